The SMILES string of the molecule is COC(=O)C12CCC(B3OC(C)(C)C(C)(C)O3)(CC1)CC2C. The summed E-state index contributed by atoms with van der Waals surface area (Å²) < 4.78 is 17.8. The van der Waals surface area contributed by atoms with E-state index in [0.717, 1.165) is 32.1 Å². The maximum atomic E-state index is 12.3. The third-order valence-corrected chi connectivity index (χ3v) is 7.14. The van der Waals surface area contributed by atoms with Crippen LogP contribution in [0.25, 0.3) is 0 Å². The fourth-order valence-electron chi connectivity index (χ4n) is 4.73. The summed E-state index contributed by atoms with van der Waals surface area (Å²) in [6, 6.07) is 0. The normalized spacial score (nSPS) is 42.5. The molecule has 1 atom stereocenters. The Kier molecular flexibility index (Phi) is 3.51. The monoisotopic (exact) mass is 308 g/mol. The highest BCUT2D eigenvalue weighted by molar-refractivity contribution is 6.49. The van der Waals surface area contributed by atoms with Gasteiger partial charge in [0, 0.05) is 5.31 Å². The Hall–Kier alpha value is -0.545. The highest BCUT2D eigenvalue weighted by atomic mass is 16.7. The van der Waals surface area contributed by atoms with Crippen LogP contribution in [0.15, 0.2) is 0 Å². The molecule has 0 aromatic heterocycles. The Labute approximate surface area is 134 Å². The molecule has 2 bridgehead atoms. The molecule has 1 aliphatic heterocycles. The van der Waals surface area contributed by atoms with Crippen LogP contribution in [0.5, 0.6) is 0 Å². The first-order valence-electron chi connectivity index (χ1n) is 8.53. The summed E-state index contributed by atoms with van der Waals surface area (Å²) >= 11 is 0. The third-order valence-electron chi connectivity index (χ3n) is 7.14. The number of ether oxygens (including phenoxy) is 1. The van der Waals surface area contributed by atoms with Crippen molar-refractivity contribution >= 4 is 13.1 Å². The Bertz CT molecular complexity index is 461. The maximum absolute atomic E-state index is 12.3. The average molecular weight is 308 g/mol. The van der Waals surface area contributed by atoms with Crippen molar-refractivity contribution in [1.29, 1.82) is 0 Å². The Morgan fingerprint density at radius 1 is 1.05 bits per heavy atom. The molecule has 3 aliphatic carbocycles. The van der Waals surface area contributed by atoms with Crippen LogP contribution in [0, 0.1) is 11.3 Å². The molecule has 4 nitrogen and oxygen atoms in total. The molecule has 0 amide bonds. The van der Waals surface area contributed by atoms with E-state index in [1.165, 1.54) is 7.11 Å². The zero-order chi connectivity index (χ0) is 16.4. The van der Waals surface area contributed by atoms with E-state index in [1.54, 1.807) is 0 Å². The van der Waals surface area contributed by atoms with E-state index >= 15 is 0 Å². The molecule has 3 saturated carbocycles. The molecular weight excluding hydrogens is 279 g/mol. The summed E-state index contributed by atoms with van der Waals surface area (Å²) in [7, 11) is 1.35. The minimum atomic E-state index is -0.288. The van der Waals surface area contributed by atoms with Crippen molar-refractivity contribution in [1.82, 2.24) is 0 Å². The van der Waals surface area contributed by atoms with Gasteiger partial charge in [-0.3, -0.25) is 4.79 Å². The number of carbonyl (C=O) groups is 1. The van der Waals surface area contributed by atoms with E-state index in [9.17, 15) is 4.79 Å². The lowest BCUT2D eigenvalue weighted by atomic mass is 9.39. The van der Waals surface area contributed by atoms with E-state index in [-0.39, 0.29) is 35.0 Å². The van der Waals surface area contributed by atoms with Crippen molar-refractivity contribution in [3.63, 3.8) is 0 Å². The molecule has 1 unspecified atom stereocenters. The highest BCUT2D eigenvalue weighted by Crippen LogP contribution is 2.66. The fraction of sp³-hybridized carbons (Fsp3) is 0.941. The molecule has 1 heterocycles. The van der Waals surface area contributed by atoms with Crippen LogP contribution in [-0.4, -0.2) is 31.4 Å². The van der Waals surface area contributed by atoms with Gasteiger partial charge in [-0.25, -0.2) is 0 Å². The van der Waals surface area contributed by atoms with E-state index < -0.39 is 0 Å². The molecule has 4 rings (SSSR count). The van der Waals surface area contributed by atoms with Gasteiger partial charge in [-0.05, 0) is 65.7 Å². The Balaban J connectivity index is 1.83. The van der Waals surface area contributed by atoms with E-state index in [1.807, 2.05) is 0 Å². The van der Waals surface area contributed by atoms with Crippen LogP contribution in [0.1, 0.15) is 66.7 Å². The summed E-state index contributed by atoms with van der Waals surface area (Å²) in [5.41, 5.74) is -0.853. The Morgan fingerprint density at radius 2 is 1.55 bits per heavy atom. The summed E-state index contributed by atoms with van der Waals surface area (Å²) in [5, 5.41) is 0.0558. The number of esters is 1. The first-order valence-corrected chi connectivity index (χ1v) is 8.53. The van der Waals surface area contributed by atoms with Crippen molar-refractivity contribution in [2.24, 2.45) is 11.3 Å². The molecule has 0 spiro atoms. The van der Waals surface area contributed by atoms with Gasteiger partial charge in [0.15, 0.2) is 0 Å². The molecule has 5 heteroatoms. The van der Waals surface area contributed by atoms with Gasteiger partial charge in [-0.2, -0.15) is 0 Å². The van der Waals surface area contributed by atoms with Crippen LogP contribution in [-0.2, 0) is 18.8 Å². The van der Waals surface area contributed by atoms with Crippen LogP contribution in [0.4, 0.5) is 0 Å². The van der Waals surface area contributed by atoms with Gasteiger partial charge in [-0.1, -0.05) is 6.92 Å². The van der Waals surface area contributed by atoms with Crippen molar-refractivity contribution in [3.05, 3.63) is 0 Å². The molecule has 4 aliphatic rings. The summed E-state index contributed by atoms with van der Waals surface area (Å²) in [4.78, 5) is 12.3. The molecule has 0 radical (unpaired) electrons. The zero-order valence-corrected chi connectivity index (χ0v) is 14.8. The summed E-state index contributed by atoms with van der Waals surface area (Å²) in [5.74, 6) is 0.295. The highest BCUT2D eigenvalue weighted by Gasteiger charge is 2.66. The van der Waals surface area contributed by atoms with Crippen molar-refractivity contribution in [2.75, 3.05) is 7.11 Å². The van der Waals surface area contributed by atoms with Gasteiger partial charge >= 0.3 is 13.1 Å². The standard InChI is InChI=1S/C17H29BO4/c1-12-11-16(18-21-14(2,3)15(4,5)22-18)7-9-17(12,10-8-16)13(19)20-6/h12H,7-11H2,1-6H3. The van der Waals surface area contributed by atoms with Crippen LogP contribution in [0.2, 0.25) is 5.31 Å². The number of hydrogen-bond acceptors (Lipinski definition) is 4. The third kappa shape index (κ3) is 2.01. The average Bonchev–Trinajstić information content (AvgIpc) is 2.68. The lowest BCUT2D eigenvalue weighted by Crippen LogP contribution is -2.54. The maximum Gasteiger partial charge on any atom is 0.464 e. The minimum Gasteiger partial charge on any atom is -0.469 e. The van der Waals surface area contributed by atoms with E-state index in [0.29, 0.717) is 5.92 Å². The smallest absolute Gasteiger partial charge is 0.464 e. The lowest BCUT2D eigenvalue weighted by Gasteiger charge is -2.55. The summed E-state index contributed by atoms with van der Waals surface area (Å²) in [6.07, 6.45) is 4.75. The number of methoxy groups -OCH3 is 1. The van der Waals surface area contributed by atoms with E-state index in [2.05, 4.69) is 34.6 Å². The molecule has 0 aromatic carbocycles. The van der Waals surface area contributed by atoms with Crippen molar-refractivity contribution in [3.8, 4) is 0 Å². The molecule has 22 heavy (non-hydrogen) atoms. The van der Waals surface area contributed by atoms with Crippen LogP contribution < -0.4 is 0 Å². The second-order valence-electron chi connectivity index (χ2n) is 8.70. The quantitative estimate of drug-likeness (QED) is 0.577. The first kappa shape index (κ1) is 16.3. The van der Waals surface area contributed by atoms with Gasteiger partial charge in [0.1, 0.15) is 0 Å². The number of fused-ring (bicyclic) bond motifs is 3. The van der Waals surface area contributed by atoms with Crippen molar-refractivity contribution < 1.29 is 18.8 Å². The largest absolute Gasteiger partial charge is 0.469 e. The molecule has 1 saturated heterocycles. The molecule has 4 fully saturated rings. The molecule has 0 N–H and O–H groups in total. The molecule has 124 valence electrons. The zero-order valence-electron chi connectivity index (χ0n) is 14.8. The topological polar surface area (TPSA) is 44.8 Å². The van der Waals surface area contributed by atoms with Crippen LogP contribution >= 0.6 is 0 Å². The molecular formula is C17H29BO4. The minimum absolute atomic E-state index is 0.0257. The van der Waals surface area contributed by atoms with Gasteiger partial charge in [-0.15, -0.1) is 0 Å². The van der Waals surface area contributed by atoms with Gasteiger partial charge < -0.3 is 14.0 Å². The second-order valence-corrected chi connectivity index (χ2v) is 8.70. The summed E-state index contributed by atoms with van der Waals surface area (Å²) in [6.45, 7) is 10.6. The first-order chi connectivity index (χ1) is 10.1. The predicted molar refractivity (Wildman–Crippen MR) is 85.5 cm³/mol. The second kappa shape index (κ2) is 4.73. The lowest BCUT2D eigenvalue weighted by molar-refractivity contribution is -0.164. The predicted octanol–water partition coefficient (Wildman–Crippen LogP) is 3.59. The van der Waals surface area contributed by atoms with Gasteiger partial charge in [0.05, 0.1) is 23.7 Å². The number of hydrogen-bond donors (Lipinski definition) is 0. The van der Waals surface area contributed by atoms with Crippen molar-refractivity contribution in [2.45, 2.75) is 83.2 Å². The Morgan fingerprint density at radius 3 is 1.95 bits per heavy atom. The number of rotatable bonds is 2. The number of carbonyl (C=O) groups excluding carboxylic acids is 1. The fourth-order valence-corrected chi connectivity index (χ4v) is 4.73. The van der Waals surface area contributed by atoms with Gasteiger partial charge in [0.25, 0.3) is 0 Å². The van der Waals surface area contributed by atoms with E-state index in [4.69, 9.17) is 14.0 Å². The van der Waals surface area contributed by atoms with Crippen LogP contribution in [0.3, 0.4) is 0 Å². The molecule has 0 aromatic rings. The van der Waals surface area contributed by atoms with Gasteiger partial charge in [0.2, 0.25) is 0 Å².